The molecule has 0 saturated heterocycles. The molecule has 0 fully saturated rings. The van der Waals surface area contributed by atoms with E-state index in [9.17, 15) is 0 Å². The van der Waals surface area contributed by atoms with Gasteiger partial charge >= 0.3 is 0 Å². The van der Waals surface area contributed by atoms with E-state index < -0.39 is 5.41 Å². The maximum absolute atomic E-state index is 4.19. The molecule has 0 unspecified atom stereocenters. The highest BCUT2D eigenvalue weighted by Gasteiger charge is 2.46. The molecular weight excluding hydrogens is 544 g/mol. The second-order valence-corrected chi connectivity index (χ2v) is 11.7. The number of aryl methyl sites for hydroxylation is 1. The number of fused-ring (bicyclic) bond motifs is 3. The Labute approximate surface area is 264 Å². The van der Waals surface area contributed by atoms with Crippen LogP contribution in [0.1, 0.15) is 27.8 Å². The van der Waals surface area contributed by atoms with Crippen molar-refractivity contribution in [3.05, 3.63) is 204 Å². The maximum atomic E-state index is 4.19. The van der Waals surface area contributed by atoms with Gasteiger partial charge in [-0.3, -0.25) is 4.98 Å². The predicted octanol–water partition coefficient (Wildman–Crippen LogP) is 10.9. The first-order valence-electron chi connectivity index (χ1n) is 15.5. The number of pyridine rings is 1. The van der Waals surface area contributed by atoms with Gasteiger partial charge in [-0.2, -0.15) is 0 Å². The fourth-order valence-electron chi connectivity index (χ4n) is 7.06. The lowest BCUT2D eigenvalue weighted by molar-refractivity contribution is 0.768. The summed E-state index contributed by atoms with van der Waals surface area (Å²) in [5, 5.41) is 0. The molecular formula is C43H32N2. The Kier molecular flexibility index (Phi) is 6.61. The van der Waals surface area contributed by atoms with Gasteiger partial charge in [0.1, 0.15) is 0 Å². The van der Waals surface area contributed by atoms with Crippen LogP contribution >= 0.6 is 0 Å². The van der Waals surface area contributed by atoms with E-state index in [1.807, 2.05) is 12.4 Å². The lowest BCUT2D eigenvalue weighted by Gasteiger charge is -2.35. The van der Waals surface area contributed by atoms with Crippen LogP contribution in [-0.4, -0.2) is 4.98 Å². The highest BCUT2D eigenvalue weighted by Crippen LogP contribution is 2.57. The first-order chi connectivity index (χ1) is 22.2. The van der Waals surface area contributed by atoms with Gasteiger partial charge in [-0.25, -0.2) is 0 Å². The minimum Gasteiger partial charge on any atom is -0.310 e. The van der Waals surface area contributed by atoms with Crippen LogP contribution < -0.4 is 4.90 Å². The van der Waals surface area contributed by atoms with Crippen LogP contribution in [0.25, 0.3) is 22.3 Å². The third-order valence-corrected chi connectivity index (χ3v) is 9.13. The molecule has 0 saturated carbocycles. The maximum Gasteiger partial charge on any atom is 0.0714 e. The molecule has 7 aromatic rings. The molecule has 0 N–H and O–H groups in total. The molecule has 0 radical (unpaired) electrons. The molecule has 1 aliphatic carbocycles. The molecule has 1 aromatic heterocycles. The molecule has 6 aromatic carbocycles. The van der Waals surface area contributed by atoms with Crippen LogP contribution in [-0.2, 0) is 5.41 Å². The van der Waals surface area contributed by atoms with Crippen molar-refractivity contribution < 1.29 is 0 Å². The molecule has 1 aliphatic rings. The van der Waals surface area contributed by atoms with Gasteiger partial charge in [0.2, 0.25) is 0 Å². The van der Waals surface area contributed by atoms with Crippen molar-refractivity contribution in [2.45, 2.75) is 12.3 Å². The van der Waals surface area contributed by atoms with E-state index in [1.165, 1.54) is 44.5 Å². The summed E-state index contributed by atoms with van der Waals surface area (Å²) < 4.78 is 0. The molecule has 0 amide bonds. The molecule has 2 nitrogen and oxygen atoms in total. The minimum atomic E-state index is -0.450. The summed E-state index contributed by atoms with van der Waals surface area (Å²) in [6.07, 6.45) is 3.69. The van der Waals surface area contributed by atoms with Gasteiger partial charge in [-0.15, -0.1) is 0 Å². The molecule has 0 bridgehead atoms. The molecule has 8 rings (SSSR count). The molecule has 0 spiro atoms. The Bertz CT molecular complexity index is 2040. The van der Waals surface area contributed by atoms with Crippen molar-refractivity contribution in [1.29, 1.82) is 0 Å². The van der Waals surface area contributed by atoms with Crippen molar-refractivity contribution in [3.8, 4) is 22.3 Å². The molecule has 45 heavy (non-hydrogen) atoms. The first-order valence-corrected chi connectivity index (χ1v) is 15.5. The summed E-state index contributed by atoms with van der Waals surface area (Å²) in [7, 11) is 0. The van der Waals surface area contributed by atoms with Crippen molar-refractivity contribution in [3.63, 3.8) is 0 Å². The van der Waals surface area contributed by atoms with E-state index in [4.69, 9.17) is 0 Å². The summed E-state index contributed by atoms with van der Waals surface area (Å²) in [5.74, 6) is 0. The largest absolute Gasteiger partial charge is 0.310 e. The van der Waals surface area contributed by atoms with Crippen LogP contribution in [0, 0.1) is 6.92 Å². The number of anilines is 3. The Morgan fingerprint density at radius 1 is 0.444 bits per heavy atom. The number of benzene rings is 6. The summed E-state index contributed by atoms with van der Waals surface area (Å²) in [4.78, 5) is 6.57. The van der Waals surface area contributed by atoms with Crippen LogP contribution in [0.5, 0.6) is 0 Å². The molecule has 1 heterocycles. The third kappa shape index (κ3) is 4.46. The highest BCUT2D eigenvalue weighted by atomic mass is 15.1. The van der Waals surface area contributed by atoms with Crippen molar-refractivity contribution >= 4 is 17.1 Å². The van der Waals surface area contributed by atoms with Crippen molar-refractivity contribution in [2.75, 3.05) is 4.90 Å². The quantitative estimate of drug-likeness (QED) is 0.196. The van der Waals surface area contributed by atoms with E-state index in [0.717, 1.165) is 22.6 Å². The average Bonchev–Trinajstić information content (AvgIpc) is 3.41. The Balaban J connectivity index is 1.36. The zero-order valence-electron chi connectivity index (χ0n) is 25.1. The minimum absolute atomic E-state index is 0.450. The van der Waals surface area contributed by atoms with E-state index in [2.05, 4.69) is 181 Å². The third-order valence-electron chi connectivity index (χ3n) is 9.13. The van der Waals surface area contributed by atoms with E-state index in [1.54, 1.807) is 0 Å². The van der Waals surface area contributed by atoms with E-state index in [0.29, 0.717) is 0 Å². The smallest absolute Gasteiger partial charge is 0.0714 e. The first kappa shape index (κ1) is 26.9. The fraction of sp³-hybridized carbons (Fsp3) is 0.0465. The summed E-state index contributed by atoms with van der Waals surface area (Å²) in [5.41, 5.74) is 14.2. The Morgan fingerprint density at radius 2 is 0.956 bits per heavy atom. The van der Waals surface area contributed by atoms with E-state index >= 15 is 0 Å². The molecule has 0 aliphatic heterocycles. The van der Waals surface area contributed by atoms with Gasteiger partial charge in [0.25, 0.3) is 0 Å². The summed E-state index contributed by atoms with van der Waals surface area (Å²) in [6, 6.07) is 59.7. The van der Waals surface area contributed by atoms with Crippen LogP contribution in [0.2, 0.25) is 0 Å². The van der Waals surface area contributed by atoms with Crippen LogP contribution in [0.4, 0.5) is 17.1 Å². The SMILES string of the molecule is Cc1ccc(N(c2ccc(-c3ccncc3)cc2)c2ccc3c(c2)C(c2ccccc2)(c2ccccc2)c2ccccc2-3)cc1. The standard InChI is InChI=1S/C43H32N2/c1-31-16-20-36(21-17-31)45(37-22-18-32(19-23-37)33-26-28-44-29-27-33)38-24-25-40-39-14-8-9-15-41(39)43(42(40)30-38,34-10-4-2-5-11-34)35-12-6-3-7-13-35/h2-30H,1H3. The lowest BCUT2D eigenvalue weighted by atomic mass is 9.67. The summed E-state index contributed by atoms with van der Waals surface area (Å²) in [6.45, 7) is 2.14. The van der Waals surface area contributed by atoms with Gasteiger partial charge < -0.3 is 4.90 Å². The zero-order chi connectivity index (χ0) is 30.2. The fourth-order valence-corrected chi connectivity index (χ4v) is 7.06. The van der Waals surface area contributed by atoms with E-state index in [-0.39, 0.29) is 0 Å². The lowest BCUT2D eigenvalue weighted by Crippen LogP contribution is -2.28. The number of hydrogen-bond acceptors (Lipinski definition) is 2. The topological polar surface area (TPSA) is 16.1 Å². The zero-order valence-corrected chi connectivity index (χ0v) is 25.1. The van der Waals surface area contributed by atoms with Gasteiger partial charge in [0.05, 0.1) is 5.41 Å². The van der Waals surface area contributed by atoms with Crippen LogP contribution in [0.3, 0.4) is 0 Å². The monoisotopic (exact) mass is 576 g/mol. The van der Waals surface area contributed by atoms with Crippen molar-refractivity contribution in [1.82, 2.24) is 4.98 Å². The normalized spacial score (nSPS) is 12.7. The summed E-state index contributed by atoms with van der Waals surface area (Å²) >= 11 is 0. The predicted molar refractivity (Wildman–Crippen MR) is 186 cm³/mol. The van der Waals surface area contributed by atoms with Crippen LogP contribution in [0.15, 0.2) is 176 Å². The van der Waals surface area contributed by atoms with Crippen molar-refractivity contribution in [2.24, 2.45) is 0 Å². The number of aromatic nitrogens is 1. The average molecular weight is 577 g/mol. The van der Waals surface area contributed by atoms with Gasteiger partial charge in [0.15, 0.2) is 0 Å². The second kappa shape index (κ2) is 11.1. The number of rotatable bonds is 6. The molecule has 2 heteroatoms. The molecule has 214 valence electrons. The van der Waals surface area contributed by atoms with Gasteiger partial charge in [-0.05, 0) is 100.0 Å². The number of nitrogens with zero attached hydrogens (tertiary/aromatic N) is 2. The Morgan fingerprint density at radius 3 is 1.60 bits per heavy atom. The Hall–Kier alpha value is -5.73. The second-order valence-electron chi connectivity index (χ2n) is 11.7. The van der Waals surface area contributed by atoms with Gasteiger partial charge in [0, 0.05) is 29.5 Å². The highest BCUT2D eigenvalue weighted by molar-refractivity contribution is 5.89. The van der Waals surface area contributed by atoms with Gasteiger partial charge in [-0.1, -0.05) is 121 Å². The molecule has 0 atom stereocenters. The number of hydrogen-bond donors (Lipinski definition) is 0.